The van der Waals surface area contributed by atoms with Crippen LogP contribution >= 0.6 is 0 Å². The molecule has 1 atom stereocenters. The highest BCUT2D eigenvalue weighted by atomic mass is 16.5. The summed E-state index contributed by atoms with van der Waals surface area (Å²) in [6.07, 6.45) is 0. The van der Waals surface area contributed by atoms with E-state index in [1.54, 1.807) is 0 Å². The van der Waals surface area contributed by atoms with Crippen LogP contribution in [0.3, 0.4) is 0 Å². The highest BCUT2D eigenvalue weighted by molar-refractivity contribution is 6.04. The van der Waals surface area contributed by atoms with Gasteiger partial charge in [0.2, 0.25) is 0 Å². The fraction of sp³-hybridized carbons (Fsp3) is 0.833. The Morgan fingerprint density at radius 3 is 2.25 bits per heavy atom. The molecule has 2 aliphatic rings. The summed E-state index contributed by atoms with van der Waals surface area (Å²) in [5.74, 6) is 0.708. The van der Waals surface area contributed by atoms with E-state index in [9.17, 15) is 4.79 Å². The maximum absolute atomic E-state index is 10.7. The lowest BCUT2D eigenvalue weighted by Crippen LogP contribution is -2.32. The summed E-state index contributed by atoms with van der Waals surface area (Å²) >= 11 is 0. The number of rotatable bonds is 0. The minimum Gasteiger partial charge on any atom is -0.379 e. The first kappa shape index (κ1) is 4.50. The van der Waals surface area contributed by atoms with Crippen molar-refractivity contribution in [2.75, 3.05) is 13.2 Å². The molecule has 44 valence electrons. The number of Topliss-reactive ketones (excluding diaryl/α,β-unsaturated/α-hetero) is 1. The van der Waals surface area contributed by atoms with E-state index in [1.165, 1.54) is 0 Å². The van der Waals surface area contributed by atoms with E-state index in [4.69, 9.17) is 4.74 Å². The van der Waals surface area contributed by atoms with Crippen molar-refractivity contribution in [1.29, 1.82) is 0 Å². The predicted molar refractivity (Wildman–Crippen MR) is 27.4 cm³/mol. The van der Waals surface area contributed by atoms with Crippen LogP contribution in [-0.2, 0) is 9.53 Å². The van der Waals surface area contributed by atoms with E-state index >= 15 is 0 Å². The number of hydrogen-bond donors (Lipinski definition) is 0. The van der Waals surface area contributed by atoms with E-state index in [2.05, 4.69) is 0 Å². The SMILES string of the molecule is CC1C(=O)C12COC2. The molecule has 1 saturated carbocycles. The van der Waals surface area contributed by atoms with Crippen molar-refractivity contribution in [3.05, 3.63) is 0 Å². The summed E-state index contributed by atoms with van der Waals surface area (Å²) in [7, 11) is 0. The lowest BCUT2D eigenvalue weighted by Gasteiger charge is -2.23. The molecule has 1 saturated heterocycles. The molecule has 0 aromatic heterocycles. The van der Waals surface area contributed by atoms with Gasteiger partial charge in [0.15, 0.2) is 0 Å². The summed E-state index contributed by atoms with van der Waals surface area (Å²) in [5, 5.41) is 0. The Balaban J connectivity index is 2.20. The standard InChI is InChI=1S/C6H8O2/c1-4-5(7)6(4)2-8-3-6/h4H,2-3H2,1H3. The van der Waals surface area contributed by atoms with Crippen molar-refractivity contribution in [3.63, 3.8) is 0 Å². The Hall–Kier alpha value is -0.370. The minimum absolute atomic E-state index is 0.0278. The summed E-state index contributed by atoms with van der Waals surface area (Å²) in [6, 6.07) is 0. The second-order valence-electron chi connectivity index (χ2n) is 2.73. The summed E-state index contributed by atoms with van der Waals surface area (Å²) in [6.45, 7) is 3.35. The van der Waals surface area contributed by atoms with Gasteiger partial charge in [-0.15, -0.1) is 0 Å². The number of ether oxygens (including phenoxy) is 1. The molecule has 2 nitrogen and oxygen atoms in total. The van der Waals surface area contributed by atoms with Crippen molar-refractivity contribution >= 4 is 5.78 Å². The van der Waals surface area contributed by atoms with Crippen molar-refractivity contribution < 1.29 is 9.53 Å². The van der Waals surface area contributed by atoms with Crippen LogP contribution in [0.4, 0.5) is 0 Å². The van der Waals surface area contributed by atoms with Gasteiger partial charge in [-0.05, 0) is 0 Å². The maximum Gasteiger partial charge on any atom is 0.148 e. The number of carbonyl (C=O) groups excluding carboxylic acids is 1. The molecule has 2 heteroatoms. The molecule has 1 spiro atoms. The van der Waals surface area contributed by atoms with Gasteiger partial charge in [0.1, 0.15) is 5.78 Å². The quantitative estimate of drug-likeness (QED) is 0.448. The number of hydrogen-bond acceptors (Lipinski definition) is 2. The van der Waals surface area contributed by atoms with Gasteiger partial charge in [0.05, 0.1) is 18.6 Å². The predicted octanol–water partition coefficient (Wildman–Crippen LogP) is 0.222. The molecule has 1 heterocycles. The van der Waals surface area contributed by atoms with Crippen molar-refractivity contribution in [2.45, 2.75) is 6.92 Å². The Labute approximate surface area is 47.8 Å². The number of ketones is 1. The maximum atomic E-state index is 10.7. The molecule has 8 heavy (non-hydrogen) atoms. The second kappa shape index (κ2) is 0.982. The van der Waals surface area contributed by atoms with Crippen LogP contribution in [0.2, 0.25) is 0 Å². The molecule has 0 aromatic carbocycles. The van der Waals surface area contributed by atoms with Gasteiger partial charge in [-0.2, -0.15) is 0 Å². The topological polar surface area (TPSA) is 26.3 Å². The summed E-state index contributed by atoms with van der Waals surface area (Å²) in [5.41, 5.74) is 0.0278. The van der Waals surface area contributed by atoms with Gasteiger partial charge in [-0.1, -0.05) is 6.92 Å². The Kier molecular flexibility index (Phi) is 0.553. The molecular weight excluding hydrogens is 104 g/mol. The van der Waals surface area contributed by atoms with Gasteiger partial charge in [0.25, 0.3) is 0 Å². The van der Waals surface area contributed by atoms with E-state index < -0.39 is 0 Å². The van der Waals surface area contributed by atoms with E-state index in [-0.39, 0.29) is 5.41 Å². The Bertz CT molecular complexity index is 147. The molecule has 1 aliphatic heterocycles. The van der Waals surface area contributed by atoms with Gasteiger partial charge in [-0.3, -0.25) is 4.79 Å². The number of carbonyl (C=O) groups is 1. The molecular formula is C6H8O2. The van der Waals surface area contributed by atoms with Gasteiger partial charge in [-0.25, -0.2) is 0 Å². The second-order valence-corrected chi connectivity index (χ2v) is 2.73. The monoisotopic (exact) mass is 112 g/mol. The average molecular weight is 112 g/mol. The molecule has 0 N–H and O–H groups in total. The molecule has 0 radical (unpaired) electrons. The lowest BCUT2D eigenvalue weighted by atomic mass is 10.0. The van der Waals surface area contributed by atoms with Crippen LogP contribution in [0.15, 0.2) is 0 Å². The summed E-state index contributed by atoms with van der Waals surface area (Å²) in [4.78, 5) is 10.7. The van der Waals surface area contributed by atoms with Gasteiger partial charge in [0, 0.05) is 5.92 Å². The van der Waals surface area contributed by atoms with Crippen LogP contribution in [0, 0.1) is 11.3 Å². The normalized spacial score (nSPS) is 39.6. The zero-order valence-electron chi connectivity index (χ0n) is 4.81. The van der Waals surface area contributed by atoms with Crippen LogP contribution < -0.4 is 0 Å². The fourth-order valence-corrected chi connectivity index (χ4v) is 1.28. The van der Waals surface area contributed by atoms with Gasteiger partial charge < -0.3 is 4.74 Å². The Morgan fingerprint density at radius 2 is 2.25 bits per heavy atom. The third-order valence-electron chi connectivity index (χ3n) is 2.35. The molecule has 2 rings (SSSR count). The molecule has 0 amide bonds. The Morgan fingerprint density at radius 1 is 1.75 bits per heavy atom. The minimum atomic E-state index is 0.0278. The van der Waals surface area contributed by atoms with Crippen LogP contribution in [-0.4, -0.2) is 19.0 Å². The molecule has 1 aliphatic carbocycles. The zero-order chi connectivity index (χ0) is 5.78. The van der Waals surface area contributed by atoms with E-state index in [0.29, 0.717) is 24.9 Å². The fourth-order valence-electron chi connectivity index (χ4n) is 1.28. The highest BCUT2D eigenvalue weighted by Crippen LogP contribution is 2.52. The molecule has 1 unspecified atom stereocenters. The molecule has 2 fully saturated rings. The lowest BCUT2D eigenvalue weighted by molar-refractivity contribution is -0.123. The highest BCUT2D eigenvalue weighted by Gasteiger charge is 2.66. The largest absolute Gasteiger partial charge is 0.379 e. The van der Waals surface area contributed by atoms with Crippen molar-refractivity contribution in [2.24, 2.45) is 11.3 Å². The first-order chi connectivity index (χ1) is 3.77. The van der Waals surface area contributed by atoms with E-state index in [0.717, 1.165) is 0 Å². The zero-order valence-corrected chi connectivity index (χ0v) is 4.81. The first-order valence-electron chi connectivity index (χ1n) is 2.89. The average Bonchev–Trinajstić information content (AvgIpc) is 2.10. The van der Waals surface area contributed by atoms with Crippen LogP contribution in [0.5, 0.6) is 0 Å². The van der Waals surface area contributed by atoms with Gasteiger partial charge >= 0.3 is 0 Å². The third-order valence-corrected chi connectivity index (χ3v) is 2.35. The first-order valence-corrected chi connectivity index (χ1v) is 2.89. The third kappa shape index (κ3) is 0.258. The van der Waals surface area contributed by atoms with Crippen LogP contribution in [0.25, 0.3) is 0 Å². The van der Waals surface area contributed by atoms with E-state index in [1.807, 2.05) is 6.92 Å². The van der Waals surface area contributed by atoms with Crippen LogP contribution in [0.1, 0.15) is 6.92 Å². The van der Waals surface area contributed by atoms with Crippen molar-refractivity contribution in [3.8, 4) is 0 Å². The summed E-state index contributed by atoms with van der Waals surface area (Å²) < 4.78 is 4.92. The molecule has 0 bridgehead atoms. The smallest absolute Gasteiger partial charge is 0.148 e. The molecule has 0 aromatic rings. The van der Waals surface area contributed by atoms with Crippen molar-refractivity contribution in [1.82, 2.24) is 0 Å².